The molecular formula is C16H13F2N3. The van der Waals surface area contributed by atoms with E-state index < -0.39 is 11.6 Å². The van der Waals surface area contributed by atoms with Gasteiger partial charge in [-0.15, -0.1) is 0 Å². The third kappa shape index (κ3) is 2.50. The Morgan fingerprint density at radius 3 is 2.62 bits per heavy atom. The highest BCUT2D eigenvalue weighted by atomic mass is 19.1. The number of nitrogens with zero attached hydrogens (tertiary/aromatic N) is 1. The number of nitrogens with one attached hydrogen (secondary N) is 1. The lowest BCUT2D eigenvalue weighted by molar-refractivity contribution is 0.567. The van der Waals surface area contributed by atoms with Crippen molar-refractivity contribution >= 4 is 16.7 Å². The zero-order valence-electron chi connectivity index (χ0n) is 11.1. The Hall–Kier alpha value is -2.69. The van der Waals surface area contributed by atoms with Crippen molar-refractivity contribution in [3.63, 3.8) is 0 Å². The van der Waals surface area contributed by atoms with Crippen LogP contribution in [0.3, 0.4) is 0 Å². The first-order valence-corrected chi connectivity index (χ1v) is 6.42. The quantitative estimate of drug-likeness (QED) is 0.563. The minimum Gasteiger partial charge on any atom is -0.384 e. The summed E-state index contributed by atoms with van der Waals surface area (Å²) in [5.74, 6) is -1.13. The van der Waals surface area contributed by atoms with Crippen molar-refractivity contribution in [2.45, 2.75) is 6.54 Å². The SMILES string of the molecule is N=C(N)c1ccc2c(ccn2Cc2ccc(F)cc2F)c1. The van der Waals surface area contributed by atoms with Crippen LogP contribution in [0.25, 0.3) is 10.9 Å². The molecule has 0 radical (unpaired) electrons. The van der Waals surface area contributed by atoms with Gasteiger partial charge in [0, 0.05) is 34.3 Å². The highest BCUT2D eigenvalue weighted by Gasteiger charge is 2.08. The van der Waals surface area contributed by atoms with Crippen LogP contribution in [0.1, 0.15) is 11.1 Å². The highest BCUT2D eigenvalue weighted by Crippen LogP contribution is 2.20. The second-order valence-corrected chi connectivity index (χ2v) is 4.87. The van der Waals surface area contributed by atoms with E-state index in [-0.39, 0.29) is 5.84 Å². The fraction of sp³-hybridized carbons (Fsp3) is 0.0625. The molecule has 5 heteroatoms. The molecule has 0 atom stereocenters. The van der Waals surface area contributed by atoms with Gasteiger partial charge in [0.1, 0.15) is 17.5 Å². The van der Waals surface area contributed by atoms with E-state index in [9.17, 15) is 8.78 Å². The first-order chi connectivity index (χ1) is 10.0. The van der Waals surface area contributed by atoms with Gasteiger partial charge in [0.25, 0.3) is 0 Å². The van der Waals surface area contributed by atoms with Crippen LogP contribution in [-0.4, -0.2) is 10.4 Å². The van der Waals surface area contributed by atoms with Crippen LogP contribution in [-0.2, 0) is 6.54 Å². The lowest BCUT2D eigenvalue weighted by Crippen LogP contribution is -2.10. The smallest absolute Gasteiger partial charge is 0.131 e. The Morgan fingerprint density at radius 2 is 1.90 bits per heavy atom. The maximum Gasteiger partial charge on any atom is 0.131 e. The van der Waals surface area contributed by atoms with Gasteiger partial charge < -0.3 is 10.3 Å². The van der Waals surface area contributed by atoms with Gasteiger partial charge in [-0.1, -0.05) is 6.07 Å². The van der Waals surface area contributed by atoms with E-state index in [1.165, 1.54) is 12.1 Å². The molecule has 0 fully saturated rings. The summed E-state index contributed by atoms with van der Waals surface area (Å²) >= 11 is 0. The molecular weight excluding hydrogens is 272 g/mol. The van der Waals surface area contributed by atoms with Gasteiger partial charge in [-0.2, -0.15) is 0 Å². The normalized spacial score (nSPS) is 11.0. The molecule has 0 unspecified atom stereocenters. The molecule has 0 aliphatic heterocycles. The Morgan fingerprint density at radius 1 is 1.10 bits per heavy atom. The first kappa shape index (κ1) is 13.3. The molecule has 1 heterocycles. The van der Waals surface area contributed by atoms with Crippen molar-refractivity contribution in [3.8, 4) is 0 Å². The topological polar surface area (TPSA) is 54.8 Å². The van der Waals surface area contributed by atoms with Crippen LogP contribution < -0.4 is 5.73 Å². The Labute approximate surface area is 120 Å². The zero-order chi connectivity index (χ0) is 15.0. The third-order valence-corrected chi connectivity index (χ3v) is 3.44. The molecule has 2 aromatic carbocycles. The lowest BCUT2D eigenvalue weighted by atomic mass is 10.1. The molecule has 1 aromatic heterocycles. The van der Waals surface area contributed by atoms with Crippen molar-refractivity contribution in [2.75, 3.05) is 0 Å². The molecule has 3 rings (SSSR count). The predicted octanol–water partition coefficient (Wildman–Crippen LogP) is 3.25. The Kier molecular flexibility index (Phi) is 3.17. The summed E-state index contributed by atoms with van der Waals surface area (Å²) in [4.78, 5) is 0. The van der Waals surface area contributed by atoms with Crippen LogP contribution in [0, 0.1) is 17.0 Å². The number of hydrogen-bond donors (Lipinski definition) is 2. The Balaban J connectivity index is 1.99. The minimum atomic E-state index is -0.584. The van der Waals surface area contributed by atoms with Gasteiger partial charge in [-0.3, -0.25) is 5.41 Å². The van der Waals surface area contributed by atoms with Crippen LogP contribution in [0.2, 0.25) is 0 Å². The number of fused-ring (bicyclic) bond motifs is 1. The fourth-order valence-corrected chi connectivity index (χ4v) is 2.34. The van der Waals surface area contributed by atoms with E-state index >= 15 is 0 Å². The fourth-order valence-electron chi connectivity index (χ4n) is 2.34. The maximum absolute atomic E-state index is 13.7. The molecule has 0 aliphatic rings. The number of aromatic nitrogens is 1. The summed E-state index contributed by atoms with van der Waals surface area (Å²) in [5, 5.41) is 8.35. The minimum absolute atomic E-state index is 0.00855. The van der Waals surface area contributed by atoms with Crippen molar-refractivity contribution in [1.29, 1.82) is 5.41 Å². The standard InChI is InChI=1S/C16H13F2N3/c17-13-3-1-12(14(18)8-13)9-21-6-5-10-7-11(16(19)20)2-4-15(10)21/h1-8H,9H2,(H3,19,20). The summed E-state index contributed by atoms with van der Waals surface area (Å²) < 4.78 is 28.5. The van der Waals surface area contributed by atoms with Gasteiger partial charge in [-0.05, 0) is 30.3 Å². The number of rotatable bonds is 3. The molecule has 0 aliphatic carbocycles. The maximum atomic E-state index is 13.7. The van der Waals surface area contributed by atoms with Gasteiger partial charge >= 0.3 is 0 Å². The number of hydrogen-bond acceptors (Lipinski definition) is 1. The van der Waals surface area contributed by atoms with E-state index in [1.807, 2.05) is 29.0 Å². The molecule has 106 valence electrons. The summed E-state index contributed by atoms with van der Waals surface area (Å²) in [5.41, 5.74) is 7.43. The Bertz CT molecular complexity index is 837. The van der Waals surface area contributed by atoms with Gasteiger partial charge in [0.05, 0.1) is 6.54 Å². The van der Waals surface area contributed by atoms with Crippen molar-refractivity contribution < 1.29 is 8.78 Å². The van der Waals surface area contributed by atoms with E-state index in [2.05, 4.69) is 0 Å². The van der Waals surface area contributed by atoms with Crippen LogP contribution >= 0.6 is 0 Å². The number of amidine groups is 1. The van der Waals surface area contributed by atoms with Gasteiger partial charge in [-0.25, -0.2) is 8.78 Å². The summed E-state index contributed by atoms with van der Waals surface area (Å²) in [6, 6.07) is 10.9. The van der Waals surface area contributed by atoms with E-state index in [0.717, 1.165) is 17.0 Å². The molecule has 0 saturated carbocycles. The second-order valence-electron chi connectivity index (χ2n) is 4.87. The number of halogens is 2. The monoisotopic (exact) mass is 285 g/mol. The summed E-state index contributed by atoms with van der Waals surface area (Å²) in [6.45, 7) is 0.315. The van der Waals surface area contributed by atoms with Gasteiger partial charge in [0.15, 0.2) is 0 Å². The summed E-state index contributed by atoms with van der Waals surface area (Å²) in [6.07, 6.45) is 1.83. The summed E-state index contributed by atoms with van der Waals surface area (Å²) in [7, 11) is 0. The molecule has 21 heavy (non-hydrogen) atoms. The predicted molar refractivity (Wildman–Crippen MR) is 78.4 cm³/mol. The molecule has 3 aromatic rings. The van der Waals surface area contributed by atoms with Crippen molar-refractivity contribution in [3.05, 3.63) is 71.4 Å². The van der Waals surface area contributed by atoms with E-state index in [1.54, 1.807) is 6.07 Å². The number of nitrogens with two attached hydrogens (primary N) is 1. The lowest BCUT2D eigenvalue weighted by Gasteiger charge is -2.07. The highest BCUT2D eigenvalue weighted by molar-refractivity contribution is 5.98. The van der Waals surface area contributed by atoms with Crippen LogP contribution in [0.4, 0.5) is 8.78 Å². The third-order valence-electron chi connectivity index (χ3n) is 3.44. The van der Waals surface area contributed by atoms with E-state index in [0.29, 0.717) is 17.7 Å². The average Bonchev–Trinajstić information content (AvgIpc) is 2.84. The molecule has 0 bridgehead atoms. The second kappa shape index (κ2) is 5.01. The zero-order valence-corrected chi connectivity index (χ0v) is 11.1. The molecule has 0 spiro atoms. The van der Waals surface area contributed by atoms with Crippen LogP contribution in [0.15, 0.2) is 48.7 Å². The first-order valence-electron chi connectivity index (χ1n) is 6.42. The van der Waals surface area contributed by atoms with Crippen LogP contribution in [0.5, 0.6) is 0 Å². The van der Waals surface area contributed by atoms with E-state index in [4.69, 9.17) is 11.1 Å². The molecule has 0 saturated heterocycles. The molecule has 3 nitrogen and oxygen atoms in total. The number of nitrogen functional groups attached to an aromatic ring is 1. The van der Waals surface area contributed by atoms with Crippen molar-refractivity contribution in [1.82, 2.24) is 4.57 Å². The molecule has 0 amide bonds. The van der Waals surface area contributed by atoms with Crippen molar-refractivity contribution in [2.24, 2.45) is 5.73 Å². The molecule has 3 N–H and O–H groups in total. The largest absolute Gasteiger partial charge is 0.384 e. The number of benzene rings is 2. The van der Waals surface area contributed by atoms with Gasteiger partial charge in [0.2, 0.25) is 0 Å². The average molecular weight is 285 g/mol.